The van der Waals surface area contributed by atoms with Crippen LogP contribution in [0.15, 0.2) is 16.5 Å². The number of furan rings is 1. The highest BCUT2D eigenvalue weighted by molar-refractivity contribution is 5.79. The monoisotopic (exact) mass is 348 g/mol. The predicted molar refractivity (Wildman–Crippen MR) is 97.5 cm³/mol. The number of rotatable bonds is 5. The van der Waals surface area contributed by atoms with Crippen LogP contribution in [0.25, 0.3) is 0 Å². The molecule has 1 aliphatic carbocycles. The lowest BCUT2D eigenvalue weighted by Crippen LogP contribution is -2.45. The van der Waals surface area contributed by atoms with Crippen molar-refractivity contribution in [3.63, 3.8) is 0 Å². The summed E-state index contributed by atoms with van der Waals surface area (Å²) in [7, 11) is 0. The highest BCUT2D eigenvalue weighted by Crippen LogP contribution is 2.25. The molecule has 0 aromatic carbocycles. The van der Waals surface area contributed by atoms with Crippen molar-refractivity contribution in [3.8, 4) is 0 Å². The van der Waals surface area contributed by atoms with Gasteiger partial charge in [0, 0.05) is 25.0 Å². The maximum absolute atomic E-state index is 12.7. The van der Waals surface area contributed by atoms with E-state index < -0.39 is 6.10 Å². The second-order valence-electron chi connectivity index (χ2n) is 7.87. The molecule has 5 heteroatoms. The largest absolute Gasteiger partial charge is 0.466 e. The van der Waals surface area contributed by atoms with Gasteiger partial charge in [-0.1, -0.05) is 26.2 Å². The van der Waals surface area contributed by atoms with E-state index >= 15 is 0 Å². The van der Waals surface area contributed by atoms with E-state index in [0.29, 0.717) is 31.6 Å². The average molecular weight is 348 g/mol. The van der Waals surface area contributed by atoms with Crippen molar-refractivity contribution in [2.75, 3.05) is 26.2 Å². The van der Waals surface area contributed by atoms with E-state index in [0.717, 1.165) is 37.3 Å². The summed E-state index contributed by atoms with van der Waals surface area (Å²) in [6.07, 6.45) is 6.34. The van der Waals surface area contributed by atoms with E-state index in [9.17, 15) is 9.90 Å². The highest BCUT2D eigenvalue weighted by atomic mass is 16.3. The van der Waals surface area contributed by atoms with Crippen molar-refractivity contribution < 1.29 is 14.3 Å². The van der Waals surface area contributed by atoms with Gasteiger partial charge in [0.2, 0.25) is 5.91 Å². The van der Waals surface area contributed by atoms with E-state index in [1.165, 1.54) is 19.3 Å². The van der Waals surface area contributed by atoms with E-state index in [1.807, 2.05) is 24.0 Å². The smallest absolute Gasteiger partial charge is 0.237 e. The van der Waals surface area contributed by atoms with E-state index in [-0.39, 0.29) is 5.91 Å². The molecule has 2 fully saturated rings. The fourth-order valence-electron chi connectivity index (χ4n) is 4.18. The summed E-state index contributed by atoms with van der Waals surface area (Å²) < 4.78 is 5.71. The van der Waals surface area contributed by atoms with Crippen LogP contribution in [-0.4, -0.2) is 59.1 Å². The first kappa shape index (κ1) is 18.5. The molecule has 2 heterocycles. The number of hydrogen-bond acceptors (Lipinski definition) is 4. The van der Waals surface area contributed by atoms with E-state index in [4.69, 9.17) is 4.42 Å². The van der Waals surface area contributed by atoms with Crippen LogP contribution in [0, 0.1) is 6.92 Å². The molecule has 3 rings (SSSR count). The minimum Gasteiger partial charge on any atom is -0.466 e. The molecule has 25 heavy (non-hydrogen) atoms. The summed E-state index contributed by atoms with van der Waals surface area (Å²) in [4.78, 5) is 16.8. The third kappa shape index (κ3) is 4.85. The van der Waals surface area contributed by atoms with Crippen molar-refractivity contribution in [2.45, 2.75) is 70.4 Å². The van der Waals surface area contributed by atoms with Crippen molar-refractivity contribution in [1.82, 2.24) is 9.80 Å². The highest BCUT2D eigenvalue weighted by Gasteiger charge is 2.32. The third-order valence-electron chi connectivity index (χ3n) is 5.70. The fourth-order valence-corrected chi connectivity index (χ4v) is 4.18. The number of aliphatic hydroxyl groups excluding tert-OH is 1. The molecule has 1 saturated carbocycles. The topological polar surface area (TPSA) is 56.9 Å². The van der Waals surface area contributed by atoms with Crippen molar-refractivity contribution in [3.05, 3.63) is 23.7 Å². The number of aryl methyl sites for hydroxylation is 1. The van der Waals surface area contributed by atoms with Gasteiger partial charge in [-0.05, 0) is 44.9 Å². The molecule has 0 spiro atoms. The molecular weight excluding hydrogens is 316 g/mol. The molecule has 1 N–H and O–H groups in total. The Labute approximate surface area is 151 Å². The Morgan fingerprint density at radius 3 is 2.68 bits per heavy atom. The molecule has 140 valence electrons. The van der Waals surface area contributed by atoms with Crippen LogP contribution in [0.1, 0.15) is 62.9 Å². The molecule has 1 aliphatic heterocycles. The Hall–Kier alpha value is -1.33. The van der Waals surface area contributed by atoms with Gasteiger partial charge in [0.1, 0.15) is 11.5 Å². The summed E-state index contributed by atoms with van der Waals surface area (Å²) in [6.45, 7) is 6.42. The van der Waals surface area contributed by atoms with Crippen LogP contribution in [-0.2, 0) is 4.79 Å². The number of aliphatic hydroxyl groups is 1. The van der Waals surface area contributed by atoms with Gasteiger partial charge in [-0.15, -0.1) is 0 Å². The Morgan fingerprint density at radius 2 is 2.00 bits per heavy atom. The van der Waals surface area contributed by atoms with Gasteiger partial charge < -0.3 is 14.4 Å². The summed E-state index contributed by atoms with van der Waals surface area (Å²) in [5, 5.41) is 10.4. The van der Waals surface area contributed by atoms with Crippen LogP contribution < -0.4 is 0 Å². The molecule has 2 atom stereocenters. The molecule has 5 nitrogen and oxygen atoms in total. The summed E-state index contributed by atoms with van der Waals surface area (Å²) in [5.41, 5.74) is 0. The van der Waals surface area contributed by atoms with Gasteiger partial charge in [-0.3, -0.25) is 9.69 Å². The number of carbonyl (C=O) groups excluding carboxylic acids is 1. The fraction of sp³-hybridized carbons (Fsp3) is 0.750. The van der Waals surface area contributed by atoms with Gasteiger partial charge in [-0.2, -0.15) is 0 Å². The molecule has 0 unspecified atom stereocenters. The Balaban J connectivity index is 1.55. The summed E-state index contributed by atoms with van der Waals surface area (Å²) in [5.74, 6) is 2.44. The molecule has 0 radical (unpaired) electrons. The molecule has 1 aromatic rings. The van der Waals surface area contributed by atoms with Gasteiger partial charge in [0.25, 0.3) is 0 Å². The first-order valence-electron chi connectivity index (χ1n) is 9.79. The predicted octanol–water partition coefficient (Wildman–Crippen LogP) is 2.92. The first-order valence-corrected chi connectivity index (χ1v) is 9.79. The van der Waals surface area contributed by atoms with E-state index in [2.05, 4.69) is 11.8 Å². The molecular formula is C20H32N2O3. The van der Waals surface area contributed by atoms with Crippen molar-refractivity contribution in [1.29, 1.82) is 0 Å². The second kappa shape index (κ2) is 8.37. The molecule has 2 aliphatic rings. The van der Waals surface area contributed by atoms with E-state index in [1.54, 1.807) is 0 Å². The Bertz CT molecular complexity index is 565. The zero-order valence-electron chi connectivity index (χ0n) is 15.6. The lowest BCUT2D eigenvalue weighted by molar-refractivity contribution is -0.134. The maximum atomic E-state index is 12.7. The lowest BCUT2D eigenvalue weighted by Gasteiger charge is -2.34. The Morgan fingerprint density at radius 1 is 1.24 bits per heavy atom. The van der Waals surface area contributed by atoms with Gasteiger partial charge in [-0.25, -0.2) is 0 Å². The second-order valence-corrected chi connectivity index (χ2v) is 7.87. The molecule has 1 aromatic heterocycles. The lowest BCUT2D eigenvalue weighted by atomic mass is 9.94. The quantitative estimate of drug-likeness (QED) is 0.889. The van der Waals surface area contributed by atoms with Gasteiger partial charge >= 0.3 is 0 Å². The maximum Gasteiger partial charge on any atom is 0.237 e. The number of amides is 1. The van der Waals surface area contributed by atoms with Gasteiger partial charge in [0.15, 0.2) is 0 Å². The zero-order valence-corrected chi connectivity index (χ0v) is 15.6. The first-order chi connectivity index (χ1) is 12.0. The van der Waals surface area contributed by atoms with Crippen LogP contribution in [0.4, 0.5) is 0 Å². The van der Waals surface area contributed by atoms with Crippen LogP contribution in [0.5, 0.6) is 0 Å². The minimum atomic E-state index is -0.450. The zero-order chi connectivity index (χ0) is 17.8. The number of carbonyl (C=O) groups is 1. The standard InChI is InChI=1S/C20H32N2O3/c1-15(19-9-8-16(2)25-19)10-11-21-12-18(23)13-22(20(24)14-21)17-6-4-3-5-7-17/h8-9,15,17-18,23H,3-7,10-14H2,1-2H3/t15-,18-/m1/s1. The van der Waals surface area contributed by atoms with Crippen LogP contribution in [0.2, 0.25) is 0 Å². The summed E-state index contributed by atoms with van der Waals surface area (Å²) >= 11 is 0. The Kier molecular flexibility index (Phi) is 6.18. The molecule has 1 saturated heterocycles. The SMILES string of the molecule is Cc1ccc([C@H](C)CCN2CC(=O)N(C3CCCCC3)C[C@H](O)C2)o1. The van der Waals surface area contributed by atoms with Crippen LogP contribution in [0.3, 0.4) is 0 Å². The summed E-state index contributed by atoms with van der Waals surface area (Å²) in [6, 6.07) is 4.36. The minimum absolute atomic E-state index is 0.185. The molecule has 1 amide bonds. The number of nitrogens with zero attached hydrogens (tertiary/aromatic N) is 2. The molecule has 0 bridgehead atoms. The van der Waals surface area contributed by atoms with Gasteiger partial charge in [0.05, 0.1) is 12.6 Å². The van der Waals surface area contributed by atoms with Crippen LogP contribution >= 0.6 is 0 Å². The number of β-amino-alcohol motifs (C(OH)–C–C–N with tert-alkyl or cyclic N) is 1. The average Bonchev–Trinajstić information content (AvgIpc) is 2.98. The normalized spacial score (nSPS) is 25.2. The van der Waals surface area contributed by atoms with Crippen molar-refractivity contribution >= 4 is 5.91 Å². The third-order valence-corrected chi connectivity index (χ3v) is 5.70. The van der Waals surface area contributed by atoms with Crippen molar-refractivity contribution in [2.24, 2.45) is 0 Å². The number of hydrogen-bond donors (Lipinski definition) is 1.